The topological polar surface area (TPSA) is 78.2 Å². The molecule has 1 heterocycles. The Labute approximate surface area is 92.7 Å². The molecule has 0 fully saturated rings. The Morgan fingerprint density at radius 1 is 1.38 bits per heavy atom. The molecule has 1 N–H and O–H groups in total. The summed E-state index contributed by atoms with van der Waals surface area (Å²) >= 11 is 0. The molecule has 1 rings (SSSR count). The Morgan fingerprint density at radius 3 is 2.69 bits per heavy atom. The van der Waals surface area contributed by atoms with E-state index in [2.05, 4.69) is 10.4 Å². The number of rotatable bonds is 5. The molecular formula is C9H16N4O3. The molecule has 0 amide bonds. The number of methoxy groups -OCH3 is 1. The fourth-order valence-electron chi connectivity index (χ4n) is 1.23. The van der Waals surface area contributed by atoms with Crippen molar-refractivity contribution in [3.63, 3.8) is 0 Å². The van der Waals surface area contributed by atoms with Crippen molar-refractivity contribution in [2.75, 3.05) is 25.6 Å². The molecule has 0 aliphatic heterocycles. The van der Waals surface area contributed by atoms with E-state index in [1.54, 1.807) is 7.11 Å². The lowest BCUT2D eigenvalue weighted by atomic mass is 10.4. The van der Waals surface area contributed by atoms with Gasteiger partial charge in [-0.25, -0.2) is 9.48 Å². The third-order valence-electron chi connectivity index (χ3n) is 2.14. The number of ether oxygens (including phenoxy) is 1. The Balaban J connectivity index is 2.82. The van der Waals surface area contributed by atoms with Crippen LogP contribution in [0, 0.1) is 0 Å². The van der Waals surface area contributed by atoms with E-state index >= 15 is 0 Å². The van der Waals surface area contributed by atoms with E-state index in [9.17, 15) is 9.59 Å². The molecule has 1 aromatic heterocycles. The first-order valence-corrected chi connectivity index (χ1v) is 4.95. The molecule has 1 aromatic rings. The van der Waals surface area contributed by atoms with Crippen molar-refractivity contribution in [1.29, 1.82) is 0 Å². The molecule has 0 atom stereocenters. The lowest BCUT2D eigenvalue weighted by molar-refractivity contribution is 0.197. The fraction of sp³-hybridized carbons (Fsp3) is 0.667. The van der Waals surface area contributed by atoms with Gasteiger partial charge in [-0.1, -0.05) is 0 Å². The van der Waals surface area contributed by atoms with E-state index in [1.165, 1.54) is 14.1 Å². The van der Waals surface area contributed by atoms with Gasteiger partial charge in [0.2, 0.25) is 5.82 Å². The number of hydrogen-bond acceptors (Lipinski definition) is 5. The van der Waals surface area contributed by atoms with Gasteiger partial charge >= 0.3 is 5.69 Å². The molecule has 16 heavy (non-hydrogen) atoms. The van der Waals surface area contributed by atoms with Crippen molar-refractivity contribution < 1.29 is 4.74 Å². The maximum Gasteiger partial charge on any atom is 0.346 e. The summed E-state index contributed by atoms with van der Waals surface area (Å²) in [6, 6.07) is 0. The molecule has 0 aliphatic carbocycles. The predicted octanol–water partition coefficient (Wildman–Crippen LogP) is -1.07. The van der Waals surface area contributed by atoms with Crippen molar-refractivity contribution in [3.8, 4) is 0 Å². The molecule has 0 saturated carbocycles. The molecular weight excluding hydrogens is 212 g/mol. The minimum absolute atomic E-state index is 0.181. The van der Waals surface area contributed by atoms with Gasteiger partial charge in [0.05, 0.1) is 0 Å². The zero-order chi connectivity index (χ0) is 12.1. The second kappa shape index (κ2) is 5.45. The highest BCUT2D eigenvalue weighted by Crippen LogP contribution is 1.90. The summed E-state index contributed by atoms with van der Waals surface area (Å²) in [5.74, 6) is 0.181. The van der Waals surface area contributed by atoms with Gasteiger partial charge in [0.25, 0.3) is 5.56 Å². The summed E-state index contributed by atoms with van der Waals surface area (Å²) in [5.41, 5.74) is -0.854. The van der Waals surface area contributed by atoms with Crippen LogP contribution in [0.5, 0.6) is 0 Å². The first kappa shape index (κ1) is 12.4. The lowest BCUT2D eigenvalue weighted by Crippen LogP contribution is -2.40. The number of aromatic nitrogens is 3. The van der Waals surface area contributed by atoms with E-state index in [0.717, 1.165) is 15.7 Å². The summed E-state index contributed by atoms with van der Waals surface area (Å²) in [4.78, 5) is 22.9. The van der Waals surface area contributed by atoms with Crippen LogP contribution in [-0.2, 0) is 18.8 Å². The first-order valence-electron chi connectivity index (χ1n) is 4.95. The Morgan fingerprint density at radius 2 is 2.06 bits per heavy atom. The van der Waals surface area contributed by atoms with E-state index < -0.39 is 11.2 Å². The molecule has 0 radical (unpaired) electrons. The average molecular weight is 228 g/mol. The molecule has 0 spiro atoms. The van der Waals surface area contributed by atoms with Crippen LogP contribution in [0.15, 0.2) is 9.59 Å². The van der Waals surface area contributed by atoms with E-state index in [0.29, 0.717) is 13.2 Å². The number of anilines is 1. The molecule has 7 nitrogen and oxygen atoms in total. The quantitative estimate of drug-likeness (QED) is 0.649. The highest BCUT2D eigenvalue weighted by molar-refractivity contribution is 5.29. The smallest absolute Gasteiger partial charge is 0.346 e. The number of hydrogen-bond donors (Lipinski definition) is 1. The number of aryl methyl sites for hydroxylation is 1. The van der Waals surface area contributed by atoms with Crippen LogP contribution in [0.25, 0.3) is 0 Å². The van der Waals surface area contributed by atoms with Crippen LogP contribution in [0.2, 0.25) is 0 Å². The van der Waals surface area contributed by atoms with E-state index in [1.807, 2.05) is 0 Å². The Kier molecular flexibility index (Phi) is 4.24. The second-order valence-corrected chi connectivity index (χ2v) is 3.39. The molecule has 0 bridgehead atoms. The van der Waals surface area contributed by atoms with Gasteiger partial charge in [0.15, 0.2) is 0 Å². The van der Waals surface area contributed by atoms with Gasteiger partial charge in [0, 0.05) is 34.4 Å². The van der Waals surface area contributed by atoms with Crippen molar-refractivity contribution >= 4 is 5.82 Å². The van der Waals surface area contributed by atoms with Gasteiger partial charge in [-0.2, -0.15) is 0 Å². The highest BCUT2D eigenvalue weighted by Gasteiger charge is 2.07. The SMILES string of the molecule is COCCCNc1nn(C)c(=O)n(C)c1=O. The van der Waals surface area contributed by atoms with Crippen LogP contribution in [0.1, 0.15) is 6.42 Å². The highest BCUT2D eigenvalue weighted by atomic mass is 16.5. The number of nitrogens with zero attached hydrogens (tertiary/aromatic N) is 3. The molecule has 7 heteroatoms. The summed E-state index contributed by atoms with van der Waals surface area (Å²) in [6.07, 6.45) is 0.768. The minimum Gasteiger partial charge on any atom is -0.385 e. The standard InChI is InChI=1S/C9H16N4O3/c1-12-8(14)7(10-5-4-6-16-3)11-13(2)9(12)15/h4-6H2,1-3H3,(H,10,11). The van der Waals surface area contributed by atoms with Gasteiger partial charge in [-0.3, -0.25) is 9.36 Å². The summed E-state index contributed by atoms with van der Waals surface area (Å²) in [5, 5.41) is 6.72. The van der Waals surface area contributed by atoms with E-state index in [4.69, 9.17) is 4.74 Å². The monoisotopic (exact) mass is 228 g/mol. The zero-order valence-corrected chi connectivity index (χ0v) is 9.69. The van der Waals surface area contributed by atoms with E-state index in [-0.39, 0.29) is 5.82 Å². The van der Waals surface area contributed by atoms with Crippen molar-refractivity contribution in [3.05, 3.63) is 20.8 Å². The van der Waals surface area contributed by atoms with Crippen LogP contribution in [0.4, 0.5) is 5.82 Å². The normalized spacial score (nSPS) is 10.4. The summed E-state index contributed by atoms with van der Waals surface area (Å²) < 4.78 is 7.02. The van der Waals surface area contributed by atoms with Crippen LogP contribution in [-0.4, -0.2) is 34.6 Å². The predicted molar refractivity (Wildman–Crippen MR) is 59.7 cm³/mol. The van der Waals surface area contributed by atoms with Gasteiger partial charge in [-0.15, -0.1) is 5.10 Å². The Bertz CT molecular complexity index is 463. The van der Waals surface area contributed by atoms with Crippen molar-refractivity contribution in [2.45, 2.75) is 6.42 Å². The van der Waals surface area contributed by atoms with Gasteiger partial charge in [-0.05, 0) is 6.42 Å². The first-order chi connectivity index (χ1) is 7.57. The molecule has 0 unspecified atom stereocenters. The van der Waals surface area contributed by atoms with Crippen LogP contribution >= 0.6 is 0 Å². The molecule has 90 valence electrons. The van der Waals surface area contributed by atoms with Gasteiger partial charge in [0.1, 0.15) is 0 Å². The zero-order valence-electron chi connectivity index (χ0n) is 9.69. The number of nitrogens with one attached hydrogen (secondary N) is 1. The summed E-state index contributed by atoms with van der Waals surface area (Å²) in [7, 11) is 4.54. The van der Waals surface area contributed by atoms with Crippen molar-refractivity contribution in [1.82, 2.24) is 14.3 Å². The Hall–Kier alpha value is -1.63. The molecule has 0 saturated heterocycles. The molecule has 0 aromatic carbocycles. The van der Waals surface area contributed by atoms with Gasteiger partial charge < -0.3 is 10.1 Å². The van der Waals surface area contributed by atoms with Crippen LogP contribution in [0.3, 0.4) is 0 Å². The molecule has 0 aliphatic rings. The van der Waals surface area contributed by atoms with Crippen molar-refractivity contribution in [2.24, 2.45) is 14.1 Å². The second-order valence-electron chi connectivity index (χ2n) is 3.39. The lowest BCUT2D eigenvalue weighted by Gasteiger charge is -2.07. The largest absolute Gasteiger partial charge is 0.385 e. The maximum absolute atomic E-state index is 11.6. The third-order valence-corrected chi connectivity index (χ3v) is 2.14. The van der Waals surface area contributed by atoms with Crippen LogP contribution < -0.4 is 16.6 Å². The maximum atomic E-state index is 11.6. The third kappa shape index (κ3) is 2.69. The summed E-state index contributed by atoms with van der Waals surface area (Å²) in [6.45, 7) is 1.19. The minimum atomic E-state index is -0.438. The average Bonchev–Trinajstić information content (AvgIpc) is 2.28. The fourth-order valence-corrected chi connectivity index (χ4v) is 1.23.